The summed E-state index contributed by atoms with van der Waals surface area (Å²) in [4.78, 5) is 17.2. The summed E-state index contributed by atoms with van der Waals surface area (Å²) < 4.78 is 7.65. The number of hydrogen-bond donors (Lipinski definition) is 1. The fourth-order valence-electron chi connectivity index (χ4n) is 3.46. The summed E-state index contributed by atoms with van der Waals surface area (Å²) in [6.45, 7) is 2.05. The van der Waals surface area contributed by atoms with E-state index in [1.807, 2.05) is 55.7 Å². The Balaban J connectivity index is 1.78. The fraction of sp³-hybridized carbons (Fsp3) is 0.333. The van der Waals surface area contributed by atoms with Crippen molar-refractivity contribution in [1.82, 2.24) is 14.7 Å². The van der Waals surface area contributed by atoms with Crippen molar-refractivity contribution in [2.75, 3.05) is 7.11 Å². The number of nitrogens with zero attached hydrogens (tertiary/aromatic N) is 2. The van der Waals surface area contributed by atoms with Crippen LogP contribution in [0.15, 0.2) is 48.8 Å². The molecule has 2 aromatic heterocycles. The van der Waals surface area contributed by atoms with Crippen LogP contribution in [0.4, 0.5) is 0 Å². The summed E-state index contributed by atoms with van der Waals surface area (Å²) >= 11 is 0. The Bertz CT molecular complexity index is 943. The lowest BCUT2D eigenvalue weighted by Crippen LogP contribution is -2.27. The van der Waals surface area contributed by atoms with Crippen LogP contribution < -0.4 is 10.1 Å². The standard InChI is InChI=1S/C21H23N3O2/c1-14-6-5-11-24-18(13-22-21(14)24)17(12-20(25)23-15-9-10-15)16-7-3-4-8-19(16)26-2/h3-8,11,13,15,17H,9-10,12H2,1-2H3,(H,23,25). The van der Waals surface area contributed by atoms with E-state index >= 15 is 0 Å². The minimum Gasteiger partial charge on any atom is -0.496 e. The summed E-state index contributed by atoms with van der Waals surface area (Å²) in [5.74, 6) is 0.743. The number of amides is 1. The van der Waals surface area contributed by atoms with Gasteiger partial charge < -0.3 is 14.5 Å². The van der Waals surface area contributed by atoms with Crippen molar-refractivity contribution < 1.29 is 9.53 Å². The van der Waals surface area contributed by atoms with Crippen LogP contribution in [-0.4, -0.2) is 28.4 Å². The van der Waals surface area contributed by atoms with Gasteiger partial charge in [0.2, 0.25) is 5.91 Å². The number of nitrogens with one attached hydrogen (secondary N) is 1. The Morgan fingerprint density at radius 1 is 1.31 bits per heavy atom. The van der Waals surface area contributed by atoms with Crippen molar-refractivity contribution >= 4 is 11.6 Å². The SMILES string of the molecule is COc1ccccc1C(CC(=O)NC1CC1)c1cnc2c(C)cccn12. The van der Waals surface area contributed by atoms with E-state index in [0.717, 1.165) is 41.1 Å². The van der Waals surface area contributed by atoms with Gasteiger partial charge in [0, 0.05) is 36.3 Å². The molecule has 5 heteroatoms. The molecule has 134 valence electrons. The number of ether oxygens (including phenoxy) is 1. The van der Waals surface area contributed by atoms with Crippen LogP contribution >= 0.6 is 0 Å². The van der Waals surface area contributed by atoms with Crippen molar-refractivity contribution in [1.29, 1.82) is 0 Å². The van der Waals surface area contributed by atoms with Crippen molar-refractivity contribution in [2.45, 2.75) is 38.1 Å². The van der Waals surface area contributed by atoms with Gasteiger partial charge in [-0.1, -0.05) is 24.3 Å². The number of aromatic nitrogens is 2. The average molecular weight is 349 g/mol. The predicted octanol–water partition coefficient (Wildman–Crippen LogP) is 3.45. The summed E-state index contributed by atoms with van der Waals surface area (Å²) in [6, 6.07) is 12.3. The highest BCUT2D eigenvalue weighted by Crippen LogP contribution is 2.35. The molecule has 0 radical (unpaired) electrons. The number of carbonyl (C=O) groups is 1. The third kappa shape index (κ3) is 3.17. The molecule has 1 unspecified atom stereocenters. The second-order valence-electron chi connectivity index (χ2n) is 6.91. The number of carbonyl (C=O) groups excluding carboxylic acids is 1. The van der Waals surface area contributed by atoms with Crippen LogP contribution in [0.2, 0.25) is 0 Å². The van der Waals surface area contributed by atoms with Gasteiger partial charge in [0.1, 0.15) is 11.4 Å². The van der Waals surface area contributed by atoms with Gasteiger partial charge in [-0.25, -0.2) is 4.98 Å². The zero-order valence-electron chi connectivity index (χ0n) is 15.1. The summed E-state index contributed by atoms with van der Waals surface area (Å²) in [5, 5.41) is 3.10. The zero-order chi connectivity index (χ0) is 18.1. The molecule has 1 amide bonds. The second kappa shape index (κ2) is 6.83. The molecule has 5 nitrogen and oxygen atoms in total. The van der Waals surface area contributed by atoms with Gasteiger partial charge in [-0.3, -0.25) is 4.79 Å². The van der Waals surface area contributed by atoms with E-state index in [4.69, 9.17) is 4.74 Å². The highest BCUT2D eigenvalue weighted by molar-refractivity contribution is 5.78. The molecule has 1 aliphatic rings. The molecular formula is C21H23N3O2. The van der Waals surface area contributed by atoms with Crippen LogP contribution in [-0.2, 0) is 4.79 Å². The van der Waals surface area contributed by atoms with Crippen LogP contribution in [0, 0.1) is 6.92 Å². The fourth-order valence-corrected chi connectivity index (χ4v) is 3.46. The first-order valence-electron chi connectivity index (χ1n) is 9.02. The molecule has 1 aliphatic carbocycles. The molecule has 0 spiro atoms. The first-order valence-corrected chi connectivity index (χ1v) is 9.02. The van der Waals surface area contributed by atoms with Crippen LogP contribution in [0.3, 0.4) is 0 Å². The van der Waals surface area contributed by atoms with Gasteiger partial charge in [-0.15, -0.1) is 0 Å². The summed E-state index contributed by atoms with van der Waals surface area (Å²) in [6.07, 6.45) is 6.42. The van der Waals surface area contributed by atoms with E-state index in [0.29, 0.717) is 12.5 Å². The van der Waals surface area contributed by atoms with Crippen LogP contribution in [0.1, 0.15) is 42.0 Å². The number of methoxy groups -OCH3 is 1. The second-order valence-corrected chi connectivity index (χ2v) is 6.91. The molecule has 2 heterocycles. The number of rotatable bonds is 6. The Morgan fingerprint density at radius 2 is 2.12 bits per heavy atom. The van der Waals surface area contributed by atoms with Crippen molar-refractivity contribution in [3.05, 3.63) is 65.6 Å². The van der Waals surface area contributed by atoms with Gasteiger partial charge in [0.25, 0.3) is 0 Å². The summed E-state index contributed by atoms with van der Waals surface area (Å²) in [7, 11) is 1.67. The number of imidazole rings is 1. The maximum atomic E-state index is 12.6. The number of benzene rings is 1. The van der Waals surface area contributed by atoms with Crippen molar-refractivity contribution in [3.63, 3.8) is 0 Å². The normalized spacial score (nSPS) is 15.0. The first-order chi connectivity index (χ1) is 12.7. The molecule has 3 aromatic rings. The Hall–Kier alpha value is -2.82. The van der Waals surface area contributed by atoms with E-state index in [-0.39, 0.29) is 11.8 Å². The summed E-state index contributed by atoms with van der Waals surface area (Å²) in [5.41, 5.74) is 4.04. The van der Waals surface area contributed by atoms with Gasteiger partial charge >= 0.3 is 0 Å². The monoisotopic (exact) mass is 349 g/mol. The lowest BCUT2D eigenvalue weighted by molar-refractivity contribution is -0.121. The first kappa shape index (κ1) is 16.6. The molecule has 1 aromatic carbocycles. The third-order valence-electron chi connectivity index (χ3n) is 4.96. The molecule has 0 bridgehead atoms. The van der Waals surface area contributed by atoms with Gasteiger partial charge in [0.05, 0.1) is 12.8 Å². The molecule has 4 rings (SSSR count). The smallest absolute Gasteiger partial charge is 0.221 e. The highest BCUT2D eigenvalue weighted by atomic mass is 16.5. The minimum atomic E-state index is -0.123. The van der Waals surface area contributed by atoms with E-state index in [2.05, 4.69) is 14.7 Å². The average Bonchev–Trinajstić information content (AvgIpc) is 3.35. The largest absolute Gasteiger partial charge is 0.496 e. The quantitative estimate of drug-likeness (QED) is 0.741. The zero-order valence-corrected chi connectivity index (χ0v) is 15.1. The van der Waals surface area contributed by atoms with Crippen LogP contribution in [0.5, 0.6) is 5.75 Å². The Labute approximate surface area is 153 Å². The van der Waals surface area contributed by atoms with Gasteiger partial charge in [-0.2, -0.15) is 0 Å². The lowest BCUT2D eigenvalue weighted by atomic mass is 9.91. The molecule has 26 heavy (non-hydrogen) atoms. The number of fused-ring (bicyclic) bond motifs is 1. The van der Waals surface area contributed by atoms with Gasteiger partial charge in [-0.05, 0) is 37.5 Å². The predicted molar refractivity (Wildman–Crippen MR) is 101 cm³/mol. The van der Waals surface area contributed by atoms with E-state index in [9.17, 15) is 4.79 Å². The Morgan fingerprint density at radius 3 is 2.88 bits per heavy atom. The molecule has 1 atom stereocenters. The number of hydrogen-bond acceptors (Lipinski definition) is 3. The van der Waals surface area contributed by atoms with Gasteiger partial charge in [0.15, 0.2) is 0 Å². The molecule has 1 fully saturated rings. The van der Waals surface area contributed by atoms with E-state index < -0.39 is 0 Å². The van der Waals surface area contributed by atoms with Crippen molar-refractivity contribution in [2.24, 2.45) is 0 Å². The molecule has 1 N–H and O–H groups in total. The number of aryl methyl sites for hydroxylation is 1. The molecule has 0 aliphatic heterocycles. The van der Waals surface area contributed by atoms with E-state index in [1.54, 1.807) is 7.11 Å². The molecule has 1 saturated carbocycles. The lowest BCUT2D eigenvalue weighted by Gasteiger charge is -2.20. The Kier molecular flexibility index (Phi) is 4.37. The third-order valence-corrected chi connectivity index (χ3v) is 4.96. The number of para-hydroxylation sites is 1. The van der Waals surface area contributed by atoms with Crippen molar-refractivity contribution in [3.8, 4) is 5.75 Å². The van der Waals surface area contributed by atoms with Crippen LogP contribution in [0.25, 0.3) is 5.65 Å². The maximum absolute atomic E-state index is 12.6. The molecule has 0 saturated heterocycles. The minimum absolute atomic E-state index is 0.0750. The number of pyridine rings is 1. The van der Waals surface area contributed by atoms with E-state index in [1.165, 1.54) is 0 Å². The highest BCUT2D eigenvalue weighted by Gasteiger charge is 2.28. The molecular weight excluding hydrogens is 326 g/mol. The topological polar surface area (TPSA) is 55.6 Å². The maximum Gasteiger partial charge on any atom is 0.221 e.